The second-order valence-corrected chi connectivity index (χ2v) is 4.86. The van der Waals surface area contributed by atoms with Gasteiger partial charge in [0.05, 0.1) is 27.2 Å². The lowest BCUT2D eigenvalue weighted by Gasteiger charge is -2.40. The molecule has 14 heavy (non-hydrogen) atoms. The van der Waals surface area contributed by atoms with E-state index in [0.717, 1.165) is 25.7 Å². The molecular weight excluding hydrogens is 180 g/mol. The molecule has 0 heterocycles. The Balaban J connectivity index is 2.71. The van der Waals surface area contributed by atoms with Crippen LogP contribution in [0.5, 0.6) is 0 Å². The highest BCUT2D eigenvalue weighted by molar-refractivity contribution is 5.63. The van der Waals surface area contributed by atoms with Crippen LogP contribution in [-0.2, 0) is 0 Å². The van der Waals surface area contributed by atoms with Crippen LogP contribution < -0.4 is 0 Å². The van der Waals surface area contributed by atoms with Gasteiger partial charge in [-0.25, -0.2) is 9.39 Å². The van der Waals surface area contributed by atoms with E-state index >= 15 is 0 Å². The Labute approximate surface area is 85.7 Å². The predicted molar refractivity (Wildman–Crippen MR) is 54.8 cm³/mol. The molecule has 0 atom stereocenters. The Morgan fingerprint density at radius 1 is 1.21 bits per heavy atom. The first-order valence-electron chi connectivity index (χ1n) is 5.27. The molecule has 0 radical (unpaired) electrons. The molecule has 1 saturated carbocycles. The van der Waals surface area contributed by atoms with Crippen molar-refractivity contribution < 1.29 is 14.5 Å². The van der Waals surface area contributed by atoms with Crippen molar-refractivity contribution in [2.24, 2.45) is 0 Å². The molecule has 4 nitrogen and oxygen atoms in total. The molecule has 0 bridgehead atoms. The summed E-state index contributed by atoms with van der Waals surface area (Å²) < 4.78 is 0.375. The molecule has 0 aliphatic heterocycles. The van der Waals surface area contributed by atoms with Gasteiger partial charge < -0.3 is 5.11 Å². The van der Waals surface area contributed by atoms with Crippen molar-refractivity contribution in [1.29, 1.82) is 0 Å². The fraction of sp³-hybridized carbons (Fsp3) is 0.900. The summed E-state index contributed by atoms with van der Waals surface area (Å²) in [6.07, 6.45) is 4.80. The third-order valence-corrected chi connectivity index (χ3v) is 2.76. The largest absolute Gasteiger partial charge is 0.462 e. The van der Waals surface area contributed by atoms with Gasteiger partial charge in [-0.3, -0.25) is 0 Å². The number of hydrogen-bond donors (Lipinski definition) is 1. The van der Waals surface area contributed by atoms with Crippen LogP contribution in [0.4, 0.5) is 4.79 Å². The first-order valence-corrected chi connectivity index (χ1v) is 5.27. The van der Waals surface area contributed by atoms with Gasteiger partial charge in [-0.15, -0.1) is 0 Å². The highest BCUT2D eigenvalue weighted by Crippen LogP contribution is 2.24. The maximum Gasteiger partial charge on any atom is 0.452 e. The molecule has 82 valence electrons. The van der Waals surface area contributed by atoms with Crippen LogP contribution in [0.1, 0.15) is 32.1 Å². The van der Waals surface area contributed by atoms with Gasteiger partial charge in [0.15, 0.2) is 0 Å². The minimum Gasteiger partial charge on any atom is -0.462 e. The quantitative estimate of drug-likeness (QED) is 0.547. The Kier molecular flexibility index (Phi) is 3.37. The van der Waals surface area contributed by atoms with Gasteiger partial charge in [-0.05, 0) is 12.8 Å². The molecule has 1 fully saturated rings. The van der Waals surface area contributed by atoms with Crippen molar-refractivity contribution in [3.63, 3.8) is 0 Å². The first-order chi connectivity index (χ1) is 6.43. The minimum atomic E-state index is -0.801. The molecule has 0 saturated heterocycles. The SMILES string of the molecule is C[N+](C)(C)N(C(=O)O)C1CCCCC1. The molecule has 0 aromatic heterocycles. The van der Waals surface area contributed by atoms with Gasteiger partial charge in [0, 0.05) is 0 Å². The van der Waals surface area contributed by atoms with E-state index < -0.39 is 6.09 Å². The summed E-state index contributed by atoms with van der Waals surface area (Å²) in [5.41, 5.74) is 0. The fourth-order valence-electron chi connectivity index (χ4n) is 2.23. The van der Waals surface area contributed by atoms with E-state index in [9.17, 15) is 9.90 Å². The summed E-state index contributed by atoms with van der Waals surface area (Å²) in [5, 5.41) is 10.7. The van der Waals surface area contributed by atoms with Crippen molar-refractivity contribution in [2.45, 2.75) is 38.1 Å². The number of amides is 1. The molecule has 0 aromatic carbocycles. The average Bonchev–Trinajstić information content (AvgIpc) is 2.02. The number of hydrogen-bond acceptors (Lipinski definition) is 1. The van der Waals surface area contributed by atoms with Crippen molar-refractivity contribution in [3.8, 4) is 0 Å². The van der Waals surface area contributed by atoms with E-state index in [-0.39, 0.29) is 6.04 Å². The molecule has 1 amide bonds. The summed E-state index contributed by atoms with van der Waals surface area (Å²) >= 11 is 0. The second kappa shape index (κ2) is 4.17. The summed E-state index contributed by atoms with van der Waals surface area (Å²) in [6.45, 7) is 0. The third-order valence-electron chi connectivity index (χ3n) is 2.76. The average molecular weight is 201 g/mol. The summed E-state index contributed by atoms with van der Waals surface area (Å²) in [6, 6.07) is 0.209. The van der Waals surface area contributed by atoms with E-state index in [1.165, 1.54) is 6.42 Å². The molecule has 0 spiro atoms. The first kappa shape index (κ1) is 11.3. The van der Waals surface area contributed by atoms with Crippen LogP contribution in [0.3, 0.4) is 0 Å². The molecule has 1 N–H and O–H groups in total. The summed E-state index contributed by atoms with van der Waals surface area (Å²) in [4.78, 5) is 11.2. The van der Waals surface area contributed by atoms with Crippen molar-refractivity contribution in [3.05, 3.63) is 0 Å². The smallest absolute Gasteiger partial charge is 0.452 e. The van der Waals surface area contributed by atoms with E-state index in [2.05, 4.69) is 0 Å². The molecule has 1 rings (SSSR count). The maximum absolute atomic E-state index is 11.2. The lowest BCUT2D eigenvalue weighted by atomic mass is 9.95. The topological polar surface area (TPSA) is 40.5 Å². The Morgan fingerprint density at radius 2 is 1.71 bits per heavy atom. The van der Waals surface area contributed by atoms with Crippen LogP contribution >= 0.6 is 0 Å². The van der Waals surface area contributed by atoms with Gasteiger partial charge in [0.2, 0.25) is 0 Å². The van der Waals surface area contributed by atoms with E-state index in [1.807, 2.05) is 21.1 Å². The fourth-order valence-corrected chi connectivity index (χ4v) is 2.23. The molecule has 1 aliphatic rings. The second-order valence-electron chi connectivity index (χ2n) is 4.86. The van der Waals surface area contributed by atoms with Gasteiger partial charge in [-0.2, -0.15) is 5.01 Å². The minimum absolute atomic E-state index is 0.209. The van der Waals surface area contributed by atoms with Crippen molar-refractivity contribution in [2.75, 3.05) is 21.1 Å². The zero-order valence-electron chi connectivity index (χ0n) is 9.36. The summed E-state index contributed by atoms with van der Waals surface area (Å²) in [5.74, 6) is 0. The molecule has 4 heteroatoms. The van der Waals surface area contributed by atoms with Gasteiger partial charge >= 0.3 is 6.09 Å². The lowest BCUT2D eigenvalue weighted by molar-refractivity contribution is -0.978. The molecule has 0 aromatic rings. The number of carboxylic acid groups (broad SMARTS) is 1. The standard InChI is InChI=1S/C10H20N2O2/c1-12(2,3)11(10(13)14)9-7-5-4-6-8-9/h9H,4-8H2,1-3H3/p+1. The van der Waals surface area contributed by atoms with Gasteiger partial charge in [0.1, 0.15) is 0 Å². The molecule has 1 aliphatic carbocycles. The van der Waals surface area contributed by atoms with Crippen LogP contribution in [0.15, 0.2) is 0 Å². The van der Waals surface area contributed by atoms with Crippen LogP contribution in [0.2, 0.25) is 0 Å². The number of quaternary nitrogens is 1. The zero-order valence-corrected chi connectivity index (χ0v) is 9.36. The van der Waals surface area contributed by atoms with Crippen LogP contribution in [0.25, 0.3) is 0 Å². The molecular formula is C10H21N2O2+. The van der Waals surface area contributed by atoms with E-state index in [0.29, 0.717) is 4.59 Å². The van der Waals surface area contributed by atoms with Crippen LogP contribution in [0, 0.1) is 0 Å². The number of carbonyl (C=O) groups is 1. The highest BCUT2D eigenvalue weighted by atomic mass is 16.4. The number of nitrogens with zero attached hydrogens (tertiary/aromatic N) is 2. The zero-order chi connectivity index (χ0) is 10.8. The molecule has 0 unspecified atom stereocenters. The number of rotatable bonds is 2. The summed E-state index contributed by atoms with van der Waals surface area (Å²) in [7, 11) is 5.72. The van der Waals surface area contributed by atoms with E-state index in [4.69, 9.17) is 0 Å². The highest BCUT2D eigenvalue weighted by Gasteiger charge is 2.34. The Hall–Kier alpha value is -0.770. The lowest BCUT2D eigenvalue weighted by Crippen LogP contribution is -2.59. The van der Waals surface area contributed by atoms with Crippen molar-refractivity contribution >= 4 is 6.09 Å². The van der Waals surface area contributed by atoms with Crippen LogP contribution in [-0.4, -0.2) is 48.0 Å². The monoisotopic (exact) mass is 201 g/mol. The Bertz CT molecular complexity index is 205. The van der Waals surface area contributed by atoms with Crippen molar-refractivity contribution in [1.82, 2.24) is 5.01 Å². The third kappa shape index (κ3) is 2.61. The van der Waals surface area contributed by atoms with Gasteiger partial charge in [0.25, 0.3) is 0 Å². The Morgan fingerprint density at radius 3 is 2.07 bits per heavy atom. The normalized spacial score (nSPS) is 19.4. The van der Waals surface area contributed by atoms with Gasteiger partial charge in [-0.1, -0.05) is 19.3 Å². The maximum atomic E-state index is 11.2. The predicted octanol–water partition coefficient (Wildman–Crippen LogP) is 1.92. The van der Waals surface area contributed by atoms with E-state index in [1.54, 1.807) is 5.01 Å².